The van der Waals surface area contributed by atoms with E-state index in [1.54, 1.807) is 0 Å². The van der Waals surface area contributed by atoms with Crippen molar-refractivity contribution >= 4 is 0 Å². The predicted octanol–water partition coefficient (Wildman–Crippen LogP) is 4.51. The van der Waals surface area contributed by atoms with Gasteiger partial charge in [0.15, 0.2) is 0 Å². The van der Waals surface area contributed by atoms with Crippen LogP contribution in [0.3, 0.4) is 0 Å². The summed E-state index contributed by atoms with van der Waals surface area (Å²) in [5, 5.41) is 0. The molecular formula is C16H30O2. The molecule has 0 saturated carbocycles. The molecule has 0 bridgehead atoms. The lowest BCUT2D eigenvalue weighted by atomic mass is 10.2. The molecule has 0 aromatic heterocycles. The van der Waals surface area contributed by atoms with Gasteiger partial charge in [-0.05, 0) is 38.5 Å². The molecule has 0 heterocycles. The number of rotatable bonds is 15. The van der Waals surface area contributed by atoms with Crippen LogP contribution >= 0.6 is 0 Å². The Bertz CT molecular complexity index is 158. The molecule has 0 fully saturated rings. The molecule has 0 aliphatic rings. The molecule has 0 amide bonds. The van der Waals surface area contributed by atoms with E-state index in [4.69, 9.17) is 9.47 Å². The van der Waals surface area contributed by atoms with E-state index in [0.717, 1.165) is 52.1 Å². The number of allylic oxidation sites excluding steroid dienone is 2. The highest BCUT2D eigenvalue weighted by Gasteiger charge is 1.92. The lowest BCUT2D eigenvalue weighted by molar-refractivity contribution is 0.0449. The lowest BCUT2D eigenvalue weighted by Crippen LogP contribution is -2.06. The molecule has 0 atom stereocenters. The Morgan fingerprint density at radius 2 is 1.00 bits per heavy atom. The first-order valence-electron chi connectivity index (χ1n) is 7.29. The van der Waals surface area contributed by atoms with Crippen LogP contribution in [-0.4, -0.2) is 26.4 Å². The van der Waals surface area contributed by atoms with E-state index in [-0.39, 0.29) is 0 Å². The molecule has 106 valence electrons. The first-order chi connectivity index (χ1) is 8.91. The average Bonchev–Trinajstić information content (AvgIpc) is 2.39. The summed E-state index contributed by atoms with van der Waals surface area (Å²) in [5.41, 5.74) is 0. The van der Waals surface area contributed by atoms with Crippen molar-refractivity contribution in [3.8, 4) is 0 Å². The molecule has 0 aliphatic carbocycles. The van der Waals surface area contributed by atoms with Gasteiger partial charge in [-0.15, -0.1) is 13.2 Å². The van der Waals surface area contributed by atoms with E-state index in [1.165, 1.54) is 25.7 Å². The largest absolute Gasteiger partial charge is 0.379 e. The van der Waals surface area contributed by atoms with Crippen LogP contribution in [0, 0.1) is 0 Å². The van der Waals surface area contributed by atoms with Crippen molar-refractivity contribution in [2.24, 2.45) is 0 Å². The summed E-state index contributed by atoms with van der Waals surface area (Å²) in [6, 6.07) is 0. The Labute approximate surface area is 113 Å². The molecule has 0 aromatic rings. The van der Waals surface area contributed by atoms with E-state index in [1.807, 2.05) is 12.2 Å². The lowest BCUT2D eigenvalue weighted by Gasteiger charge is -2.05. The summed E-state index contributed by atoms with van der Waals surface area (Å²) < 4.78 is 11.0. The molecular weight excluding hydrogens is 224 g/mol. The van der Waals surface area contributed by atoms with Gasteiger partial charge in [0.2, 0.25) is 0 Å². The number of ether oxygens (including phenoxy) is 2. The van der Waals surface area contributed by atoms with E-state index < -0.39 is 0 Å². The summed E-state index contributed by atoms with van der Waals surface area (Å²) in [5.74, 6) is 0. The van der Waals surface area contributed by atoms with Crippen molar-refractivity contribution in [2.75, 3.05) is 26.4 Å². The quantitative estimate of drug-likeness (QED) is 0.316. The van der Waals surface area contributed by atoms with Crippen molar-refractivity contribution < 1.29 is 9.47 Å². The highest BCUT2D eigenvalue weighted by Crippen LogP contribution is 2.01. The minimum atomic E-state index is 0.730. The van der Waals surface area contributed by atoms with Crippen LogP contribution in [0.25, 0.3) is 0 Å². The fraction of sp³-hybridized carbons (Fsp3) is 0.750. The van der Waals surface area contributed by atoms with Crippen LogP contribution in [-0.2, 0) is 9.47 Å². The van der Waals surface area contributed by atoms with Crippen molar-refractivity contribution in [1.82, 2.24) is 0 Å². The Morgan fingerprint density at radius 1 is 0.556 bits per heavy atom. The fourth-order valence-corrected chi connectivity index (χ4v) is 1.66. The first-order valence-corrected chi connectivity index (χ1v) is 7.29. The van der Waals surface area contributed by atoms with Gasteiger partial charge in [-0.25, -0.2) is 0 Å². The SMILES string of the molecule is C=CCCCCCOCCOCCCCCC=C. The molecule has 2 heteroatoms. The van der Waals surface area contributed by atoms with Crippen LogP contribution in [0.4, 0.5) is 0 Å². The maximum atomic E-state index is 5.49. The van der Waals surface area contributed by atoms with E-state index >= 15 is 0 Å². The number of hydrogen-bond donors (Lipinski definition) is 0. The van der Waals surface area contributed by atoms with Gasteiger partial charge in [0.1, 0.15) is 0 Å². The highest BCUT2D eigenvalue weighted by molar-refractivity contribution is 4.65. The zero-order valence-electron chi connectivity index (χ0n) is 11.9. The van der Waals surface area contributed by atoms with E-state index in [0.29, 0.717) is 0 Å². The van der Waals surface area contributed by atoms with Crippen LogP contribution in [0.2, 0.25) is 0 Å². The molecule has 0 radical (unpaired) electrons. The van der Waals surface area contributed by atoms with Gasteiger partial charge in [0, 0.05) is 13.2 Å². The molecule has 2 nitrogen and oxygen atoms in total. The smallest absolute Gasteiger partial charge is 0.0700 e. The molecule has 0 N–H and O–H groups in total. The van der Waals surface area contributed by atoms with Gasteiger partial charge < -0.3 is 9.47 Å². The van der Waals surface area contributed by atoms with Crippen molar-refractivity contribution in [2.45, 2.75) is 51.4 Å². The van der Waals surface area contributed by atoms with Gasteiger partial charge in [0.25, 0.3) is 0 Å². The Morgan fingerprint density at radius 3 is 1.39 bits per heavy atom. The Balaban J connectivity index is 2.90. The van der Waals surface area contributed by atoms with Gasteiger partial charge in [0.05, 0.1) is 13.2 Å². The third kappa shape index (κ3) is 15.4. The van der Waals surface area contributed by atoms with Gasteiger partial charge in [-0.3, -0.25) is 0 Å². The molecule has 0 spiro atoms. The fourth-order valence-electron chi connectivity index (χ4n) is 1.66. The molecule has 0 aromatic carbocycles. The maximum absolute atomic E-state index is 5.49. The summed E-state index contributed by atoms with van der Waals surface area (Å²) in [6.07, 6.45) is 13.4. The molecule has 0 unspecified atom stereocenters. The Kier molecular flexibility index (Phi) is 15.9. The van der Waals surface area contributed by atoms with Gasteiger partial charge in [-0.2, -0.15) is 0 Å². The van der Waals surface area contributed by atoms with Crippen molar-refractivity contribution in [1.29, 1.82) is 0 Å². The molecule has 18 heavy (non-hydrogen) atoms. The summed E-state index contributed by atoms with van der Waals surface area (Å²) >= 11 is 0. The van der Waals surface area contributed by atoms with E-state index in [2.05, 4.69) is 13.2 Å². The van der Waals surface area contributed by atoms with Crippen LogP contribution in [0.1, 0.15) is 51.4 Å². The first kappa shape index (κ1) is 17.4. The molecule has 0 aliphatic heterocycles. The standard InChI is InChI=1S/C16H30O2/c1-3-5-7-9-11-13-17-15-16-18-14-12-10-8-6-4-2/h3-4H,1-2,5-16H2. The topological polar surface area (TPSA) is 18.5 Å². The minimum Gasteiger partial charge on any atom is -0.379 e. The maximum Gasteiger partial charge on any atom is 0.0700 e. The Hall–Kier alpha value is -0.600. The highest BCUT2D eigenvalue weighted by atomic mass is 16.5. The second kappa shape index (κ2) is 16.4. The van der Waals surface area contributed by atoms with Crippen LogP contribution in [0.5, 0.6) is 0 Å². The van der Waals surface area contributed by atoms with Gasteiger partial charge in [-0.1, -0.05) is 25.0 Å². The second-order valence-electron chi connectivity index (χ2n) is 4.50. The van der Waals surface area contributed by atoms with Crippen LogP contribution < -0.4 is 0 Å². The summed E-state index contributed by atoms with van der Waals surface area (Å²) in [4.78, 5) is 0. The third-order valence-corrected chi connectivity index (χ3v) is 2.77. The molecule has 0 saturated heterocycles. The van der Waals surface area contributed by atoms with Gasteiger partial charge >= 0.3 is 0 Å². The van der Waals surface area contributed by atoms with Crippen molar-refractivity contribution in [3.05, 3.63) is 25.3 Å². The summed E-state index contributed by atoms with van der Waals surface area (Å²) in [7, 11) is 0. The zero-order valence-corrected chi connectivity index (χ0v) is 11.9. The van der Waals surface area contributed by atoms with Crippen LogP contribution in [0.15, 0.2) is 25.3 Å². The summed E-state index contributed by atoms with van der Waals surface area (Å²) in [6.45, 7) is 10.6. The van der Waals surface area contributed by atoms with E-state index in [9.17, 15) is 0 Å². The normalized spacial score (nSPS) is 10.4. The molecule has 0 rings (SSSR count). The zero-order chi connectivity index (χ0) is 13.3. The van der Waals surface area contributed by atoms with Crippen molar-refractivity contribution in [3.63, 3.8) is 0 Å². The minimum absolute atomic E-state index is 0.730. The predicted molar refractivity (Wildman–Crippen MR) is 79.0 cm³/mol. The third-order valence-electron chi connectivity index (χ3n) is 2.77. The monoisotopic (exact) mass is 254 g/mol. The second-order valence-corrected chi connectivity index (χ2v) is 4.50. The number of unbranched alkanes of at least 4 members (excludes halogenated alkanes) is 6. The number of hydrogen-bond acceptors (Lipinski definition) is 2. The average molecular weight is 254 g/mol.